The minimum absolute atomic E-state index is 0.228. The number of H-pyrrole nitrogens is 1. The van der Waals surface area contributed by atoms with Gasteiger partial charge in [0.2, 0.25) is 5.95 Å². The van der Waals surface area contributed by atoms with Gasteiger partial charge in [0.05, 0.1) is 23.2 Å². The third-order valence-electron chi connectivity index (χ3n) is 4.19. The van der Waals surface area contributed by atoms with Crippen molar-refractivity contribution in [3.8, 4) is 16.9 Å². The highest BCUT2D eigenvalue weighted by Gasteiger charge is 2.14. The molecule has 0 unspecified atom stereocenters. The SMILES string of the molecule is COc1ccccc1-c1ccnc2nc(Nc3ccc(Cl)cc3Cl)[nH]c(=O)c12. The molecular weight excluding hydrogens is 399 g/mol. The van der Waals surface area contributed by atoms with Gasteiger partial charge in [0.1, 0.15) is 5.75 Å². The highest BCUT2D eigenvalue weighted by atomic mass is 35.5. The third kappa shape index (κ3) is 3.40. The van der Waals surface area contributed by atoms with Gasteiger partial charge in [0.15, 0.2) is 5.65 Å². The normalized spacial score (nSPS) is 10.8. The summed E-state index contributed by atoms with van der Waals surface area (Å²) in [6.45, 7) is 0. The van der Waals surface area contributed by atoms with E-state index in [1.165, 1.54) is 0 Å². The van der Waals surface area contributed by atoms with Gasteiger partial charge in [-0.05, 0) is 30.3 Å². The fraction of sp³-hybridized carbons (Fsp3) is 0.0500. The Morgan fingerprint density at radius 3 is 2.68 bits per heavy atom. The van der Waals surface area contributed by atoms with Crippen LogP contribution < -0.4 is 15.6 Å². The number of ether oxygens (including phenoxy) is 1. The summed E-state index contributed by atoms with van der Waals surface area (Å²) >= 11 is 12.1. The second kappa shape index (κ2) is 7.50. The summed E-state index contributed by atoms with van der Waals surface area (Å²) in [4.78, 5) is 24.3. The Morgan fingerprint density at radius 2 is 1.89 bits per heavy atom. The van der Waals surface area contributed by atoms with Gasteiger partial charge in [0.25, 0.3) is 5.56 Å². The van der Waals surface area contributed by atoms with Gasteiger partial charge in [-0.15, -0.1) is 0 Å². The first-order valence-corrected chi connectivity index (χ1v) is 9.07. The summed E-state index contributed by atoms with van der Waals surface area (Å²) in [5.41, 5.74) is 2.01. The predicted octanol–water partition coefficient (Wildman–Crippen LogP) is 5.04. The average molecular weight is 413 g/mol. The lowest BCUT2D eigenvalue weighted by atomic mass is 10.0. The predicted molar refractivity (Wildman–Crippen MR) is 112 cm³/mol. The molecular formula is C20H14Cl2N4O2. The van der Waals surface area contributed by atoms with Crippen molar-refractivity contribution < 1.29 is 4.74 Å². The van der Waals surface area contributed by atoms with Crippen molar-refractivity contribution in [2.75, 3.05) is 12.4 Å². The fourth-order valence-corrected chi connectivity index (χ4v) is 3.39. The van der Waals surface area contributed by atoms with Crippen molar-refractivity contribution in [3.05, 3.63) is 75.1 Å². The summed E-state index contributed by atoms with van der Waals surface area (Å²) in [5.74, 6) is 0.885. The number of methoxy groups -OCH3 is 1. The van der Waals surface area contributed by atoms with Crippen LogP contribution in [0.25, 0.3) is 22.2 Å². The minimum Gasteiger partial charge on any atom is -0.496 e. The molecule has 0 aliphatic carbocycles. The van der Waals surface area contributed by atoms with Crippen LogP contribution in [0.1, 0.15) is 0 Å². The fourth-order valence-electron chi connectivity index (χ4n) is 2.93. The van der Waals surface area contributed by atoms with Crippen molar-refractivity contribution in [1.29, 1.82) is 0 Å². The second-order valence-electron chi connectivity index (χ2n) is 5.92. The number of anilines is 2. The molecule has 4 aromatic rings. The van der Waals surface area contributed by atoms with Gasteiger partial charge in [-0.25, -0.2) is 4.98 Å². The van der Waals surface area contributed by atoms with Crippen molar-refractivity contribution in [3.63, 3.8) is 0 Å². The summed E-state index contributed by atoms with van der Waals surface area (Å²) in [6.07, 6.45) is 1.61. The first-order chi connectivity index (χ1) is 13.6. The van der Waals surface area contributed by atoms with Crippen molar-refractivity contribution >= 4 is 45.9 Å². The molecule has 0 saturated carbocycles. The average Bonchev–Trinajstić information content (AvgIpc) is 2.69. The van der Waals surface area contributed by atoms with Crippen LogP contribution in [-0.4, -0.2) is 22.1 Å². The van der Waals surface area contributed by atoms with Gasteiger partial charge in [-0.1, -0.05) is 41.4 Å². The summed E-state index contributed by atoms with van der Waals surface area (Å²) in [7, 11) is 1.59. The largest absolute Gasteiger partial charge is 0.496 e. The molecule has 0 atom stereocenters. The lowest BCUT2D eigenvalue weighted by molar-refractivity contribution is 0.416. The minimum atomic E-state index is -0.327. The standard InChI is InChI=1S/C20H14Cl2N4O2/c1-28-16-5-3-2-4-12(16)13-8-9-23-18-17(13)19(27)26-20(25-18)24-15-7-6-11(21)10-14(15)22/h2-10H,1H3,(H2,23,24,25,26,27). The molecule has 8 heteroatoms. The van der Waals surface area contributed by atoms with E-state index in [-0.39, 0.29) is 11.5 Å². The molecule has 4 rings (SSSR count). The van der Waals surface area contributed by atoms with Crippen LogP contribution in [0.3, 0.4) is 0 Å². The Labute approximate surface area is 170 Å². The zero-order valence-electron chi connectivity index (χ0n) is 14.7. The highest BCUT2D eigenvalue weighted by Crippen LogP contribution is 2.33. The van der Waals surface area contributed by atoms with Crippen molar-refractivity contribution in [1.82, 2.24) is 15.0 Å². The van der Waals surface area contributed by atoms with Crippen LogP contribution in [0.5, 0.6) is 5.75 Å². The van der Waals surface area contributed by atoms with Crippen LogP contribution in [0.2, 0.25) is 10.0 Å². The van der Waals surface area contributed by atoms with E-state index >= 15 is 0 Å². The van der Waals surface area contributed by atoms with E-state index in [0.717, 1.165) is 5.56 Å². The molecule has 2 aromatic heterocycles. The molecule has 28 heavy (non-hydrogen) atoms. The molecule has 2 N–H and O–H groups in total. The number of benzene rings is 2. The Balaban J connectivity index is 1.84. The maximum absolute atomic E-state index is 12.9. The molecule has 0 aliphatic rings. The lowest BCUT2D eigenvalue weighted by Gasteiger charge is -2.11. The number of pyridine rings is 1. The molecule has 0 bridgehead atoms. The number of fused-ring (bicyclic) bond motifs is 1. The molecule has 0 fully saturated rings. The number of aromatic amines is 1. The number of hydrogen-bond acceptors (Lipinski definition) is 5. The van der Waals surface area contributed by atoms with Gasteiger partial charge < -0.3 is 10.1 Å². The second-order valence-corrected chi connectivity index (χ2v) is 6.76. The summed E-state index contributed by atoms with van der Waals surface area (Å²) < 4.78 is 5.42. The Bertz CT molecular complexity index is 1240. The molecule has 2 heterocycles. The van der Waals surface area contributed by atoms with E-state index in [0.29, 0.717) is 38.1 Å². The quantitative estimate of drug-likeness (QED) is 0.490. The first kappa shape index (κ1) is 18.3. The maximum Gasteiger partial charge on any atom is 0.262 e. The van der Waals surface area contributed by atoms with Gasteiger partial charge in [0, 0.05) is 22.3 Å². The number of para-hydroxylation sites is 1. The van der Waals surface area contributed by atoms with Crippen LogP contribution in [0.15, 0.2) is 59.5 Å². The van der Waals surface area contributed by atoms with E-state index in [9.17, 15) is 4.79 Å². The Kier molecular flexibility index (Phi) is 4.90. The van der Waals surface area contributed by atoms with Gasteiger partial charge in [-0.3, -0.25) is 9.78 Å². The topological polar surface area (TPSA) is 79.9 Å². The van der Waals surface area contributed by atoms with E-state index < -0.39 is 0 Å². The molecule has 2 aromatic carbocycles. The number of nitrogens with zero attached hydrogens (tertiary/aromatic N) is 2. The molecule has 0 amide bonds. The van der Waals surface area contributed by atoms with Gasteiger partial charge in [-0.2, -0.15) is 4.98 Å². The van der Waals surface area contributed by atoms with E-state index in [2.05, 4.69) is 20.3 Å². The molecule has 0 spiro atoms. The van der Waals surface area contributed by atoms with E-state index in [4.69, 9.17) is 27.9 Å². The summed E-state index contributed by atoms with van der Waals surface area (Å²) in [5, 5.41) is 4.29. The van der Waals surface area contributed by atoms with Crippen LogP contribution in [0, 0.1) is 0 Å². The zero-order chi connectivity index (χ0) is 19.7. The number of nitrogens with one attached hydrogen (secondary N) is 2. The monoisotopic (exact) mass is 412 g/mol. The number of hydrogen-bond donors (Lipinski definition) is 2. The number of aromatic nitrogens is 3. The molecule has 140 valence electrons. The van der Waals surface area contributed by atoms with Crippen LogP contribution in [0.4, 0.5) is 11.6 Å². The number of rotatable bonds is 4. The first-order valence-electron chi connectivity index (χ1n) is 8.31. The zero-order valence-corrected chi connectivity index (χ0v) is 16.2. The van der Waals surface area contributed by atoms with E-state index in [1.807, 2.05) is 24.3 Å². The van der Waals surface area contributed by atoms with Crippen LogP contribution >= 0.6 is 23.2 Å². The Morgan fingerprint density at radius 1 is 1.07 bits per heavy atom. The van der Waals surface area contributed by atoms with Crippen LogP contribution in [-0.2, 0) is 0 Å². The van der Waals surface area contributed by atoms with Crippen molar-refractivity contribution in [2.45, 2.75) is 0 Å². The van der Waals surface area contributed by atoms with Gasteiger partial charge >= 0.3 is 0 Å². The smallest absolute Gasteiger partial charge is 0.262 e. The Hall–Kier alpha value is -3.09. The molecule has 0 aliphatic heterocycles. The van der Waals surface area contributed by atoms with E-state index in [1.54, 1.807) is 37.6 Å². The highest BCUT2D eigenvalue weighted by molar-refractivity contribution is 6.36. The maximum atomic E-state index is 12.9. The van der Waals surface area contributed by atoms with Crippen molar-refractivity contribution in [2.24, 2.45) is 0 Å². The molecule has 0 radical (unpaired) electrons. The number of halogens is 2. The molecule has 6 nitrogen and oxygen atoms in total. The summed E-state index contributed by atoms with van der Waals surface area (Å²) in [6, 6.07) is 14.2. The lowest BCUT2D eigenvalue weighted by Crippen LogP contribution is -2.13. The third-order valence-corrected chi connectivity index (χ3v) is 4.74. The molecule has 0 saturated heterocycles.